The third-order valence-corrected chi connectivity index (χ3v) is 2.90. The van der Waals surface area contributed by atoms with Crippen molar-refractivity contribution >= 4 is 5.97 Å². The molecule has 0 bridgehead atoms. The molecule has 5 heteroatoms. The smallest absolute Gasteiger partial charge is 0.335 e. The first-order chi connectivity index (χ1) is 9.56. The van der Waals surface area contributed by atoms with Gasteiger partial charge < -0.3 is 14.6 Å². The van der Waals surface area contributed by atoms with E-state index >= 15 is 0 Å². The minimum Gasteiger partial charge on any atom is -0.496 e. The van der Waals surface area contributed by atoms with Gasteiger partial charge in [-0.15, -0.1) is 0 Å². The molecule has 0 aliphatic rings. The molecule has 1 N–H and O–H groups in total. The maximum Gasteiger partial charge on any atom is 0.335 e. The number of carboxylic acid groups (broad SMARTS) is 1. The summed E-state index contributed by atoms with van der Waals surface area (Å²) in [6.45, 7) is 0. The van der Waals surface area contributed by atoms with E-state index in [1.54, 1.807) is 6.07 Å². The Balaban J connectivity index is 2.63. The minimum atomic E-state index is -1.05. The lowest BCUT2D eigenvalue weighted by Gasteiger charge is -2.13. The number of carbonyl (C=O) groups is 1. The molecule has 0 atom stereocenters. The summed E-state index contributed by atoms with van der Waals surface area (Å²) < 4.78 is 23.8. The van der Waals surface area contributed by atoms with Crippen LogP contribution in [0.1, 0.15) is 10.4 Å². The van der Waals surface area contributed by atoms with Crippen LogP contribution in [0.15, 0.2) is 36.4 Å². The van der Waals surface area contributed by atoms with Crippen LogP contribution in [-0.2, 0) is 0 Å². The van der Waals surface area contributed by atoms with E-state index in [2.05, 4.69) is 0 Å². The van der Waals surface area contributed by atoms with Gasteiger partial charge in [0.15, 0.2) is 0 Å². The van der Waals surface area contributed by atoms with Crippen molar-refractivity contribution in [2.45, 2.75) is 0 Å². The van der Waals surface area contributed by atoms with Crippen molar-refractivity contribution in [3.05, 3.63) is 47.8 Å². The molecular formula is C15H13FO4. The number of carboxylic acids is 1. The molecule has 2 aromatic rings. The topological polar surface area (TPSA) is 55.8 Å². The number of hydrogen-bond acceptors (Lipinski definition) is 3. The van der Waals surface area contributed by atoms with Crippen LogP contribution in [0.4, 0.5) is 4.39 Å². The fourth-order valence-electron chi connectivity index (χ4n) is 1.94. The van der Waals surface area contributed by atoms with Crippen LogP contribution in [0.2, 0.25) is 0 Å². The first kappa shape index (κ1) is 13.9. The molecule has 0 spiro atoms. The highest BCUT2D eigenvalue weighted by Gasteiger charge is 2.14. The molecule has 104 valence electrons. The molecule has 0 saturated heterocycles. The minimum absolute atomic E-state index is 0.0981. The number of halogens is 1. The van der Waals surface area contributed by atoms with E-state index in [9.17, 15) is 9.18 Å². The Morgan fingerprint density at radius 1 is 1.00 bits per heavy atom. The fourth-order valence-corrected chi connectivity index (χ4v) is 1.94. The Hall–Kier alpha value is -2.56. The van der Waals surface area contributed by atoms with Gasteiger partial charge in [-0.1, -0.05) is 0 Å². The second-order valence-electron chi connectivity index (χ2n) is 4.06. The van der Waals surface area contributed by atoms with Crippen LogP contribution in [0, 0.1) is 5.82 Å². The van der Waals surface area contributed by atoms with E-state index in [0.29, 0.717) is 22.6 Å². The van der Waals surface area contributed by atoms with Gasteiger partial charge in [-0.25, -0.2) is 9.18 Å². The monoisotopic (exact) mass is 276 g/mol. The summed E-state index contributed by atoms with van der Waals surface area (Å²) in [7, 11) is 2.91. The third-order valence-electron chi connectivity index (χ3n) is 2.90. The van der Waals surface area contributed by atoms with Gasteiger partial charge >= 0.3 is 5.97 Å². The van der Waals surface area contributed by atoms with E-state index in [1.165, 1.54) is 44.6 Å². The van der Waals surface area contributed by atoms with Crippen LogP contribution >= 0.6 is 0 Å². The van der Waals surface area contributed by atoms with Crippen LogP contribution in [0.3, 0.4) is 0 Å². The van der Waals surface area contributed by atoms with Gasteiger partial charge in [-0.05, 0) is 36.4 Å². The highest BCUT2D eigenvalue weighted by atomic mass is 19.1. The molecule has 0 aromatic heterocycles. The van der Waals surface area contributed by atoms with Gasteiger partial charge in [0.05, 0.1) is 19.8 Å². The van der Waals surface area contributed by atoms with Crippen LogP contribution in [0.25, 0.3) is 11.1 Å². The first-order valence-electron chi connectivity index (χ1n) is 5.82. The summed E-state index contributed by atoms with van der Waals surface area (Å²) in [5.41, 5.74) is 1.16. The van der Waals surface area contributed by atoms with Gasteiger partial charge in [-0.2, -0.15) is 0 Å². The summed E-state index contributed by atoms with van der Waals surface area (Å²) in [6.07, 6.45) is 0. The third kappa shape index (κ3) is 2.56. The zero-order chi connectivity index (χ0) is 14.7. The molecule has 0 amide bonds. The van der Waals surface area contributed by atoms with Crippen LogP contribution in [-0.4, -0.2) is 25.3 Å². The Morgan fingerprint density at radius 3 is 2.30 bits per heavy atom. The maximum atomic E-state index is 13.4. The molecule has 0 radical (unpaired) electrons. The van der Waals surface area contributed by atoms with Crippen LogP contribution in [0.5, 0.6) is 11.5 Å². The first-order valence-corrected chi connectivity index (χ1v) is 5.82. The molecular weight excluding hydrogens is 263 g/mol. The molecule has 2 aromatic carbocycles. The molecule has 2 rings (SSSR count). The van der Waals surface area contributed by atoms with Crippen molar-refractivity contribution in [3.63, 3.8) is 0 Å². The largest absolute Gasteiger partial charge is 0.496 e. The normalized spacial score (nSPS) is 10.2. The van der Waals surface area contributed by atoms with Gasteiger partial charge in [0.25, 0.3) is 0 Å². The zero-order valence-electron chi connectivity index (χ0n) is 11.0. The molecule has 0 saturated carbocycles. The van der Waals surface area contributed by atoms with Crippen LogP contribution < -0.4 is 9.47 Å². The molecule has 20 heavy (non-hydrogen) atoms. The Bertz CT molecular complexity index is 652. The molecule has 0 aliphatic carbocycles. The standard InChI is InChI=1S/C15H13FO4/c1-19-13-6-4-10(16)8-12(13)11-5-3-9(15(17)18)7-14(11)20-2/h3-8H,1-2H3,(H,17,18). The number of benzene rings is 2. The zero-order valence-corrected chi connectivity index (χ0v) is 11.0. The number of rotatable bonds is 4. The van der Waals surface area contributed by atoms with Gasteiger partial charge in [0.1, 0.15) is 17.3 Å². The number of hydrogen-bond donors (Lipinski definition) is 1. The molecule has 4 nitrogen and oxygen atoms in total. The van der Waals surface area contributed by atoms with Gasteiger partial charge in [0.2, 0.25) is 0 Å². The average Bonchev–Trinajstić information content (AvgIpc) is 2.46. The second kappa shape index (κ2) is 5.61. The number of ether oxygens (including phenoxy) is 2. The van der Waals surface area contributed by atoms with Crippen molar-refractivity contribution in [2.75, 3.05) is 14.2 Å². The van der Waals surface area contributed by atoms with Gasteiger partial charge in [0, 0.05) is 11.1 Å². The lowest BCUT2D eigenvalue weighted by molar-refractivity contribution is 0.0696. The summed E-state index contributed by atoms with van der Waals surface area (Å²) in [6, 6.07) is 8.51. The summed E-state index contributed by atoms with van der Waals surface area (Å²) in [5, 5.41) is 8.97. The van der Waals surface area contributed by atoms with Gasteiger partial charge in [-0.3, -0.25) is 0 Å². The van der Waals surface area contributed by atoms with E-state index in [1.807, 2.05) is 0 Å². The van der Waals surface area contributed by atoms with Crippen molar-refractivity contribution in [2.24, 2.45) is 0 Å². The summed E-state index contributed by atoms with van der Waals surface area (Å²) >= 11 is 0. The Kier molecular flexibility index (Phi) is 3.89. The predicted octanol–water partition coefficient (Wildman–Crippen LogP) is 3.21. The SMILES string of the molecule is COc1cc(C(=O)O)ccc1-c1cc(F)ccc1OC. The Morgan fingerprint density at radius 2 is 1.70 bits per heavy atom. The predicted molar refractivity (Wildman–Crippen MR) is 71.9 cm³/mol. The van der Waals surface area contributed by atoms with E-state index in [4.69, 9.17) is 14.6 Å². The van der Waals surface area contributed by atoms with Crippen molar-refractivity contribution < 1.29 is 23.8 Å². The van der Waals surface area contributed by atoms with E-state index in [0.717, 1.165) is 0 Å². The lowest BCUT2D eigenvalue weighted by atomic mass is 10.0. The maximum absolute atomic E-state index is 13.4. The number of methoxy groups -OCH3 is 2. The lowest BCUT2D eigenvalue weighted by Crippen LogP contribution is -1.99. The molecule has 0 heterocycles. The summed E-state index contributed by atoms with van der Waals surface area (Å²) in [5.74, 6) is -0.646. The Labute approximate surface area is 115 Å². The van der Waals surface area contributed by atoms with E-state index in [-0.39, 0.29) is 5.56 Å². The van der Waals surface area contributed by atoms with Crippen molar-refractivity contribution in [1.82, 2.24) is 0 Å². The molecule has 0 unspecified atom stereocenters. The van der Waals surface area contributed by atoms with Crippen molar-refractivity contribution in [3.8, 4) is 22.6 Å². The quantitative estimate of drug-likeness (QED) is 0.931. The number of aromatic carboxylic acids is 1. The second-order valence-corrected chi connectivity index (χ2v) is 4.06. The highest BCUT2D eigenvalue weighted by Crippen LogP contribution is 2.37. The molecule has 0 aliphatic heterocycles. The molecule has 0 fully saturated rings. The fraction of sp³-hybridized carbons (Fsp3) is 0.133. The van der Waals surface area contributed by atoms with E-state index < -0.39 is 11.8 Å². The highest BCUT2D eigenvalue weighted by molar-refractivity contribution is 5.90. The summed E-state index contributed by atoms with van der Waals surface area (Å²) in [4.78, 5) is 11.0. The average molecular weight is 276 g/mol. The van der Waals surface area contributed by atoms with Crippen molar-refractivity contribution in [1.29, 1.82) is 0 Å².